The molecule has 1 amide bonds. The van der Waals surface area contributed by atoms with Gasteiger partial charge in [0.25, 0.3) is 0 Å². The van der Waals surface area contributed by atoms with Crippen LogP contribution in [-0.4, -0.2) is 136 Å². The van der Waals surface area contributed by atoms with E-state index in [4.69, 9.17) is 5.10 Å². The summed E-state index contributed by atoms with van der Waals surface area (Å²) in [7, 11) is -3.54. The van der Waals surface area contributed by atoms with Crippen LogP contribution in [0.25, 0.3) is 11.3 Å². The third-order valence-electron chi connectivity index (χ3n) is 10.6. The molecule has 1 aromatic carbocycles. The number of amides is 1. The van der Waals surface area contributed by atoms with Crippen molar-refractivity contribution in [3.8, 4) is 11.3 Å². The number of aliphatic hydroxyl groups is 2. The van der Waals surface area contributed by atoms with E-state index in [1.54, 1.807) is 4.68 Å². The molecule has 0 saturated carbocycles. The number of hydrogen-bond acceptors (Lipinski definition) is 9. The standard InChI is InChI=1S/C34H49F3N6O5S2/c1-50(47,48)41-15-10-30-28(22-41)33(38-43(30)21-27(45)20-40-13-8-26(9-14-40)42-12-3-5-32(42)46)25-6-7-29(34(35,36)37)31(18-25)49-17-16-39-11-2-4-24(19-39)23-44/h6-7,18,24,26-27,44-45H,2-5,8-17,19-23H2,1H3. The van der Waals surface area contributed by atoms with Gasteiger partial charge in [0.05, 0.1) is 30.2 Å². The van der Waals surface area contributed by atoms with Crippen molar-refractivity contribution in [3.63, 3.8) is 0 Å². The van der Waals surface area contributed by atoms with Gasteiger partial charge >= 0.3 is 6.18 Å². The van der Waals surface area contributed by atoms with E-state index in [0.717, 1.165) is 94.6 Å². The fourth-order valence-corrected chi connectivity index (χ4v) is 9.87. The van der Waals surface area contributed by atoms with Crippen molar-refractivity contribution >= 4 is 27.7 Å². The SMILES string of the molecule is CS(=O)(=O)N1CCc2c(c(-c3ccc(C(F)(F)F)c(SCCN4CCCC(CO)C4)c3)nn2CC(O)CN2CCC(N3CCCC3=O)CC2)C1. The molecule has 0 radical (unpaired) electrons. The number of piperidine rings is 2. The molecule has 16 heteroatoms. The minimum absolute atomic E-state index is 0.0484. The predicted molar refractivity (Wildman–Crippen MR) is 185 cm³/mol. The summed E-state index contributed by atoms with van der Waals surface area (Å²) >= 11 is 1.14. The van der Waals surface area contributed by atoms with Gasteiger partial charge in [0.2, 0.25) is 15.9 Å². The van der Waals surface area contributed by atoms with Crippen LogP contribution in [0.2, 0.25) is 0 Å². The molecule has 4 aliphatic rings. The number of likely N-dealkylation sites (tertiary alicyclic amines) is 3. The van der Waals surface area contributed by atoms with Gasteiger partial charge in [0.15, 0.2) is 0 Å². The molecule has 6 rings (SSSR count). The van der Waals surface area contributed by atoms with Crippen LogP contribution in [0.15, 0.2) is 23.1 Å². The van der Waals surface area contributed by atoms with E-state index in [1.165, 1.54) is 16.4 Å². The van der Waals surface area contributed by atoms with Gasteiger partial charge in [-0.3, -0.25) is 9.48 Å². The van der Waals surface area contributed by atoms with E-state index in [2.05, 4.69) is 9.80 Å². The van der Waals surface area contributed by atoms with E-state index in [-0.39, 0.29) is 49.0 Å². The maximum absolute atomic E-state index is 14.2. The Balaban J connectivity index is 1.20. The molecule has 0 bridgehead atoms. The number of rotatable bonds is 12. The second kappa shape index (κ2) is 15.8. The molecule has 3 fully saturated rings. The van der Waals surface area contributed by atoms with Crippen LogP contribution in [0.1, 0.15) is 55.3 Å². The lowest BCUT2D eigenvalue weighted by molar-refractivity contribution is -0.139. The third kappa shape index (κ3) is 8.87. The summed E-state index contributed by atoms with van der Waals surface area (Å²) in [5.74, 6) is 0.857. The second-order valence-electron chi connectivity index (χ2n) is 14.2. The first-order valence-electron chi connectivity index (χ1n) is 17.7. The third-order valence-corrected chi connectivity index (χ3v) is 12.9. The molecular weight excluding hydrogens is 694 g/mol. The van der Waals surface area contributed by atoms with Crippen molar-refractivity contribution in [1.82, 2.24) is 28.8 Å². The van der Waals surface area contributed by atoms with E-state index in [1.807, 2.05) is 4.90 Å². The number of aliphatic hydroxyl groups excluding tert-OH is 2. The number of hydrogen-bond donors (Lipinski definition) is 2. The fraction of sp³-hybridized carbons (Fsp3) is 0.706. The maximum Gasteiger partial charge on any atom is 0.417 e. The number of sulfonamides is 1. The smallest absolute Gasteiger partial charge is 0.396 e. The number of alkyl halides is 3. The summed E-state index contributed by atoms with van der Waals surface area (Å²) in [6.07, 6.45) is 1.33. The molecule has 3 saturated heterocycles. The van der Waals surface area contributed by atoms with Crippen molar-refractivity contribution in [2.75, 3.05) is 71.0 Å². The number of aromatic nitrogens is 2. The Labute approximate surface area is 296 Å². The molecule has 2 N–H and O–H groups in total. The number of benzene rings is 1. The number of carbonyl (C=O) groups is 1. The molecule has 278 valence electrons. The Morgan fingerprint density at radius 2 is 1.80 bits per heavy atom. The van der Waals surface area contributed by atoms with Crippen LogP contribution in [0.3, 0.4) is 0 Å². The summed E-state index contributed by atoms with van der Waals surface area (Å²) in [4.78, 5) is 18.7. The number of thioether (sulfide) groups is 1. The Hall–Kier alpha value is -2.21. The number of β-amino-alcohol motifs (C(OH)–C–C–N with tert-alkyl or cyclic N) is 1. The van der Waals surface area contributed by atoms with Crippen LogP contribution in [0.5, 0.6) is 0 Å². The Bertz CT molecular complexity index is 1610. The first-order valence-corrected chi connectivity index (χ1v) is 20.5. The number of nitrogens with zero attached hydrogens (tertiary/aromatic N) is 6. The summed E-state index contributed by atoms with van der Waals surface area (Å²) < 4.78 is 70.7. The average molecular weight is 743 g/mol. The minimum atomic E-state index is -4.55. The quantitative estimate of drug-likeness (QED) is 0.316. The molecule has 50 heavy (non-hydrogen) atoms. The zero-order valence-corrected chi connectivity index (χ0v) is 30.3. The summed E-state index contributed by atoms with van der Waals surface area (Å²) in [5, 5.41) is 25.6. The predicted octanol–water partition coefficient (Wildman–Crippen LogP) is 3.13. The number of fused-ring (bicyclic) bond motifs is 1. The van der Waals surface area contributed by atoms with Gasteiger partial charge in [0.1, 0.15) is 0 Å². The molecule has 5 heterocycles. The zero-order chi connectivity index (χ0) is 35.6. The van der Waals surface area contributed by atoms with Gasteiger partial charge in [-0.2, -0.15) is 22.6 Å². The Morgan fingerprint density at radius 1 is 1.02 bits per heavy atom. The first kappa shape index (κ1) is 37.5. The van der Waals surface area contributed by atoms with Gasteiger partial charge < -0.3 is 24.9 Å². The lowest BCUT2D eigenvalue weighted by Gasteiger charge is -2.37. The highest BCUT2D eigenvalue weighted by molar-refractivity contribution is 7.99. The van der Waals surface area contributed by atoms with Crippen LogP contribution in [-0.2, 0) is 40.5 Å². The van der Waals surface area contributed by atoms with Crippen LogP contribution in [0.4, 0.5) is 13.2 Å². The molecule has 0 spiro atoms. The van der Waals surface area contributed by atoms with Crippen molar-refractivity contribution in [2.45, 2.75) is 81.3 Å². The van der Waals surface area contributed by atoms with E-state index in [9.17, 15) is 36.6 Å². The molecule has 2 atom stereocenters. The Kier molecular flexibility index (Phi) is 11.9. The highest BCUT2D eigenvalue weighted by Gasteiger charge is 2.36. The van der Waals surface area contributed by atoms with Gasteiger partial charge in [-0.1, -0.05) is 6.07 Å². The van der Waals surface area contributed by atoms with Gasteiger partial charge in [-0.05, 0) is 56.7 Å². The molecule has 2 aromatic rings. The number of carbonyl (C=O) groups excluding carboxylic acids is 1. The second-order valence-corrected chi connectivity index (χ2v) is 17.3. The minimum Gasteiger partial charge on any atom is -0.396 e. The van der Waals surface area contributed by atoms with E-state index in [0.29, 0.717) is 48.5 Å². The van der Waals surface area contributed by atoms with Gasteiger partial charge in [-0.25, -0.2) is 8.42 Å². The largest absolute Gasteiger partial charge is 0.417 e. The topological polar surface area (TPSA) is 122 Å². The monoisotopic (exact) mass is 742 g/mol. The van der Waals surface area contributed by atoms with Gasteiger partial charge in [-0.15, -0.1) is 11.8 Å². The molecule has 1 aromatic heterocycles. The van der Waals surface area contributed by atoms with Crippen LogP contribution in [0, 0.1) is 5.92 Å². The highest BCUT2D eigenvalue weighted by Crippen LogP contribution is 2.40. The van der Waals surface area contributed by atoms with Crippen molar-refractivity contribution in [3.05, 3.63) is 35.0 Å². The van der Waals surface area contributed by atoms with Crippen LogP contribution >= 0.6 is 11.8 Å². The number of halogens is 3. The molecule has 0 aliphatic carbocycles. The lowest BCUT2D eigenvalue weighted by atomic mass is 9.99. The zero-order valence-electron chi connectivity index (χ0n) is 28.7. The van der Waals surface area contributed by atoms with Gasteiger partial charge in [0, 0.05) is 105 Å². The van der Waals surface area contributed by atoms with Crippen molar-refractivity contribution in [2.24, 2.45) is 5.92 Å². The lowest BCUT2D eigenvalue weighted by Crippen LogP contribution is -2.47. The van der Waals surface area contributed by atoms with E-state index < -0.39 is 27.9 Å². The van der Waals surface area contributed by atoms with Crippen molar-refractivity contribution in [1.29, 1.82) is 0 Å². The summed E-state index contributed by atoms with van der Waals surface area (Å²) in [6, 6.07) is 4.24. The Morgan fingerprint density at radius 3 is 2.48 bits per heavy atom. The van der Waals surface area contributed by atoms with E-state index >= 15 is 0 Å². The molecule has 2 unspecified atom stereocenters. The molecule has 4 aliphatic heterocycles. The van der Waals surface area contributed by atoms with Crippen molar-refractivity contribution < 1.29 is 36.6 Å². The first-order chi connectivity index (χ1) is 23.8. The molecule has 11 nitrogen and oxygen atoms in total. The normalized spacial score (nSPS) is 22.7. The summed E-state index contributed by atoms with van der Waals surface area (Å²) in [6.45, 7) is 5.52. The molecular formula is C34H49F3N6O5S2. The highest BCUT2D eigenvalue weighted by atomic mass is 32.2. The fourth-order valence-electron chi connectivity index (χ4n) is 7.97. The summed E-state index contributed by atoms with van der Waals surface area (Å²) in [5.41, 5.74) is 1.59. The average Bonchev–Trinajstić information content (AvgIpc) is 3.67. The van der Waals surface area contributed by atoms with Crippen LogP contribution < -0.4 is 0 Å². The maximum atomic E-state index is 14.2.